The van der Waals surface area contributed by atoms with Gasteiger partial charge in [0.25, 0.3) is 0 Å². The third-order valence-electron chi connectivity index (χ3n) is 2.64. The van der Waals surface area contributed by atoms with Crippen molar-refractivity contribution in [3.63, 3.8) is 0 Å². The highest BCUT2D eigenvalue weighted by Crippen LogP contribution is 2.23. The molecule has 0 unspecified atom stereocenters. The van der Waals surface area contributed by atoms with Gasteiger partial charge in [-0.1, -0.05) is 12.1 Å². The molecule has 0 bridgehead atoms. The number of carbonyl (C=O) groups is 1. The molecule has 1 atom stereocenters. The first kappa shape index (κ1) is 13.1. The van der Waals surface area contributed by atoms with Crippen molar-refractivity contribution in [2.75, 3.05) is 0 Å². The van der Waals surface area contributed by atoms with Gasteiger partial charge in [-0.05, 0) is 48.4 Å². The van der Waals surface area contributed by atoms with Crippen molar-refractivity contribution in [2.45, 2.75) is 12.5 Å². The van der Waals surface area contributed by atoms with E-state index in [2.05, 4.69) is 0 Å². The van der Waals surface area contributed by atoms with Crippen LogP contribution in [0.15, 0.2) is 48.5 Å². The fraction of sp³-hybridized carbons (Fsp3) is 0.133. The number of aromatic hydroxyl groups is 1. The Balaban J connectivity index is 2.02. The van der Waals surface area contributed by atoms with E-state index in [0.717, 1.165) is 11.8 Å². The second-order valence-corrected chi connectivity index (χ2v) is 4.24. The van der Waals surface area contributed by atoms with E-state index in [1.807, 2.05) is 24.3 Å². The molecule has 0 aliphatic rings. The summed E-state index contributed by atoms with van der Waals surface area (Å²) in [6, 6.07) is 13.4. The molecule has 4 nitrogen and oxygen atoms in total. The van der Waals surface area contributed by atoms with Gasteiger partial charge in [0, 0.05) is 0 Å². The van der Waals surface area contributed by atoms with Crippen molar-refractivity contribution in [3.05, 3.63) is 54.1 Å². The van der Waals surface area contributed by atoms with Crippen LogP contribution in [-0.4, -0.2) is 17.4 Å². The number of rotatable bonds is 5. The lowest BCUT2D eigenvalue weighted by molar-refractivity contribution is -0.108. The zero-order valence-electron chi connectivity index (χ0n) is 10.3. The number of benzene rings is 2. The Bertz CT molecular complexity index is 534. The standard InChI is InChI=1S/C15H15NO3/c16-12(10-17)9-11-1-5-14(6-2-11)19-15-7-3-13(18)4-8-15/h1-8,10,12,18H,9,16H2/t12-/m0/s1. The van der Waals surface area contributed by atoms with E-state index >= 15 is 0 Å². The number of phenols is 1. The monoisotopic (exact) mass is 257 g/mol. The number of carbonyl (C=O) groups excluding carboxylic acids is 1. The minimum atomic E-state index is -0.469. The normalized spacial score (nSPS) is 11.8. The first-order chi connectivity index (χ1) is 9.17. The van der Waals surface area contributed by atoms with Gasteiger partial charge in [0.15, 0.2) is 0 Å². The first-order valence-electron chi connectivity index (χ1n) is 5.94. The molecular weight excluding hydrogens is 242 g/mol. The zero-order valence-corrected chi connectivity index (χ0v) is 10.3. The SMILES string of the molecule is N[C@H](C=O)Cc1ccc(Oc2ccc(O)cc2)cc1. The van der Waals surface area contributed by atoms with Crippen molar-refractivity contribution in [1.82, 2.24) is 0 Å². The Kier molecular flexibility index (Phi) is 4.15. The molecule has 2 rings (SSSR count). The van der Waals surface area contributed by atoms with Gasteiger partial charge in [-0.25, -0.2) is 0 Å². The average molecular weight is 257 g/mol. The maximum Gasteiger partial charge on any atom is 0.137 e. The Morgan fingerprint density at radius 2 is 1.58 bits per heavy atom. The van der Waals surface area contributed by atoms with Crippen LogP contribution in [0.5, 0.6) is 17.2 Å². The number of hydrogen-bond acceptors (Lipinski definition) is 4. The largest absolute Gasteiger partial charge is 0.508 e. The lowest BCUT2D eigenvalue weighted by atomic mass is 10.1. The number of hydrogen-bond donors (Lipinski definition) is 2. The Morgan fingerprint density at radius 1 is 1.05 bits per heavy atom. The molecule has 0 aliphatic heterocycles. The molecule has 2 aromatic rings. The maximum absolute atomic E-state index is 10.5. The second-order valence-electron chi connectivity index (χ2n) is 4.24. The highest BCUT2D eigenvalue weighted by atomic mass is 16.5. The molecule has 3 N–H and O–H groups in total. The van der Waals surface area contributed by atoms with Crippen LogP contribution in [0.3, 0.4) is 0 Å². The third-order valence-corrected chi connectivity index (χ3v) is 2.64. The Labute approximate surface area is 111 Å². The van der Waals surface area contributed by atoms with Crippen LogP contribution in [0.1, 0.15) is 5.56 Å². The van der Waals surface area contributed by atoms with Crippen LogP contribution in [-0.2, 0) is 11.2 Å². The summed E-state index contributed by atoms with van der Waals surface area (Å²) in [6.07, 6.45) is 1.25. The zero-order chi connectivity index (χ0) is 13.7. The van der Waals surface area contributed by atoms with Gasteiger partial charge in [-0.3, -0.25) is 0 Å². The molecule has 98 valence electrons. The topological polar surface area (TPSA) is 72.6 Å². The molecule has 0 fully saturated rings. The summed E-state index contributed by atoms with van der Waals surface area (Å²) in [4.78, 5) is 10.5. The number of ether oxygens (including phenoxy) is 1. The number of aldehydes is 1. The van der Waals surface area contributed by atoms with E-state index in [9.17, 15) is 9.90 Å². The van der Waals surface area contributed by atoms with Crippen LogP contribution in [0.25, 0.3) is 0 Å². The highest BCUT2D eigenvalue weighted by Gasteiger charge is 2.03. The molecule has 0 saturated carbocycles. The van der Waals surface area contributed by atoms with Gasteiger partial charge >= 0.3 is 0 Å². The van der Waals surface area contributed by atoms with Gasteiger partial charge in [-0.2, -0.15) is 0 Å². The highest BCUT2D eigenvalue weighted by molar-refractivity contribution is 5.57. The molecule has 2 aromatic carbocycles. The van der Waals surface area contributed by atoms with Crippen LogP contribution < -0.4 is 10.5 Å². The Hall–Kier alpha value is -2.33. The molecule has 0 saturated heterocycles. The van der Waals surface area contributed by atoms with Gasteiger partial charge in [0.05, 0.1) is 6.04 Å². The fourth-order valence-electron chi connectivity index (χ4n) is 1.66. The smallest absolute Gasteiger partial charge is 0.137 e. The molecule has 0 heterocycles. The maximum atomic E-state index is 10.5. The van der Waals surface area contributed by atoms with Crippen molar-refractivity contribution in [3.8, 4) is 17.2 Å². The number of nitrogens with two attached hydrogens (primary N) is 1. The summed E-state index contributed by atoms with van der Waals surface area (Å²) in [6.45, 7) is 0. The molecule has 0 spiro atoms. The fourth-order valence-corrected chi connectivity index (χ4v) is 1.66. The van der Waals surface area contributed by atoms with E-state index < -0.39 is 6.04 Å². The lowest BCUT2D eigenvalue weighted by Crippen LogP contribution is -2.23. The Morgan fingerprint density at radius 3 is 2.11 bits per heavy atom. The van der Waals surface area contributed by atoms with Crippen LogP contribution in [0.2, 0.25) is 0 Å². The lowest BCUT2D eigenvalue weighted by Gasteiger charge is -2.08. The minimum absolute atomic E-state index is 0.200. The summed E-state index contributed by atoms with van der Waals surface area (Å²) in [5.41, 5.74) is 6.54. The van der Waals surface area contributed by atoms with Crippen LogP contribution in [0, 0.1) is 0 Å². The first-order valence-corrected chi connectivity index (χ1v) is 5.94. The molecular formula is C15H15NO3. The van der Waals surface area contributed by atoms with Gasteiger partial charge in [-0.15, -0.1) is 0 Å². The van der Waals surface area contributed by atoms with Crippen molar-refractivity contribution in [2.24, 2.45) is 5.73 Å². The predicted molar refractivity (Wildman–Crippen MR) is 72.4 cm³/mol. The van der Waals surface area contributed by atoms with Crippen molar-refractivity contribution in [1.29, 1.82) is 0 Å². The molecule has 4 heteroatoms. The van der Waals surface area contributed by atoms with Crippen LogP contribution in [0.4, 0.5) is 0 Å². The average Bonchev–Trinajstić information content (AvgIpc) is 2.43. The summed E-state index contributed by atoms with van der Waals surface area (Å²) in [5, 5.41) is 9.17. The predicted octanol–water partition coefficient (Wildman–Crippen LogP) is 2.25. The van der Waals surface area contributed by atoms with E-state index in [-0.39, 0.29) is 5.75 Å². The molecule has 0 aliphatic carbocycles. The summed E-state index contributed by atoms with van der Waals surface area (Å²) in [7, 11) is 0. The molecule has 0 aromatic heterocycles. The van der Waals surface area contributed by atoms with Crippen molar-refractivity contribution < 1.29 is 14.6 Å². The van der Waals surface area contributed by atoms with Gasteiger partial charge in [0.1, 0.15) is 23.5 Å². The molecule has 0 amide bonds. The summed E-state index contributed by atoms with van der Waals surface area (Å²) in [5.74, 6) is 1.54. The molecule has 0 radical (unpaired) electrons. The quantitative estimate of drug-likeness (QED) is 0.806. The van der Waals surface area contributed by atoms with Gasteiger partial charge < -0.3 is 20.4 Å². The minimum Gasteiger partial charge on any atom is -0.508 e. The summed E-state index contributed by atoms with van der Waals surface area (Å²) >= 11 is 0. The van der Waals surface area contributed by atoms with E-state index in [1.54, 1.807) is 24.3 Å². The molecule has 19 heavy (non-hydrogen) atoms. The second kappa shape index (κ2) is 6.02. The van der Waals surface area contributed by atoms with E-state index in [1.165, 1.54) is 0 Å². The number of phenolic OH excluding ortho intramolecular Hbond substituents is 1. The van der Waals surface area contributed by atoms with Crippen molar-refractivity contribution >= 4 is 6.29 Å². The third kappa shape index (κ3) is 3.82. The van der Waals surface area contributed by atoms with E-state index in [4.69, 9.17) is 10.5 Å². The van der Waals surface area contributed by atoms with E-state index in [0.29, 0.717) is 17.9 Å². The van der Waals surface area contributed by atoms with Crippen LogP contribution >= 0.6 is 0 Å². The summed E-state index contributed by atoms with van der Waals surface area (Å²) < 4.78 is 5.61. The van der Waals surface area contributed by atoms with Gasteiger partial charge in [0.2, 0.25) is 0 Å².